The van der Waals surface area contributed by atoms with Gasteiger partial charge in [0.25, 0.3) is 5.91 Å². The molecule has 3 aromatic heterocycles. The minimum absolute atomic E-state index is 0.0345. The van der Waals surface area contributed by atoms with Crippen LogP contribution < -0.4 is 19.9 Å². The summed E-state index contributed by atoms with van der Waals surface area (Å²) in [5.74, 6) is -1.43. The number of hydrogen-bond donors (Lipinski definition) is 2. The zero-order valence-corrected chi connectivity index (χ0v) is 22.2. The summed E-state index contributed by atoms with van der Waals surface area (Å²) in [5, 5.41) is 13.7. The number of carbonyl (C=O) groups is 1. The lowest BCUT2D eigenvalue weighted by Gasteiger charge is -2.49. The summed E-state index contributed by atoms with van der Waals surface area (Å²) in [7, 11) is 0. The summed E-state index contributed by atoms with van der Waals surface area (Å²) in [6.45, 7) is 0.532. The maximum Gasteiger partial charge on any atom is 0.451 e. The average molecular weight is 574 g/mol. The number of aliphatic hydroxyl groups excluding tert-OH is 1. The third kappa shape index (κ3) is 4.79. The molecule has 2 atom stereocenters. The lowest BCUT2D eigenvalue weighted by atomic mass is 9.87. The highest BCUT2D eigenvalue weighted by atomic mass is 19.4. The summed E-state index contributed by atoms with van der Waals surface area (Å²) in [4.78, 5) is 36.3. The van der Waals surface area contributed by atoms with E-state index in [1.807, 2.05) is 0 Å². The number of amides is 1. The maximum atomic E-state index is 13.5. The molecule has 2 N–H and O–H groups in total. The van der Waals surface area contributed by atoms with E-state index in [4.69, 9.17) is 8.85 Å². The van der Waals surface area contributed by atoms with Gasteiger partial charge in [0.05, 0.1) is 23.7 Å². The second-order valence-corrected chi connectivity index (χ2v) is 10.6. The molecule has 41 heavy (non-hydrogen) atoms. The molecule has 5 heterocycles. The third-order valence-corrected chi connectivity index (χ3v) is 7.63. The molecule has 1 saturated carbocycles. The minimum atomic E-state index is -4.66. The zero-order valence-electron chi connectivity index (χ0n) is 25.2. The van der Waals surface area contributed by atoms with E-state index < -0.39 is 36.5 Å². The van der Waals surface area contributed by atoms with Crippen LogP contribution in [0, 0.1) is 0 Å². The van der Waals surface area contributed by atoms with E-state index in [9.17, 15) is 23.1 Å². The van der Waals surface area contributed by atoms with Crippen molar-refractivity contribution in [1.82, 2.24) is 24.9 Å². The molecule has 0 radical (unpaired) electrons. The van der Waals surface area contributed by atoms with Crippen molar-refractivity contribution in [3.05, 3.63) is 47.3 Å². The van der Waals surface area contributed by atoms with Crippen LogP contribution in [0.2, 0.25) is 0 Å². The molecule has 0 aromatic carbocycles. The first-order chi connectivity index (χ1) is 20.7. The predicted octanol–water partition coefficient (Wildman–Crippen LogP) is 3.83. The summed E-state index contributed by atoms with van der Waals surface area (Å²) in [5.41, 5.74) is -0.0494. The summed E-state index contributed by atoms with van der Waals surface area (Å²) in [6.07, 6.45) is -0.914. The van der Waals surface area contributed by atoms with E-state index in [1.54, 1.807) is 12.1 Å². The van der Waals surface area contributed by atoms with Crippen molar-refractivity contribution in [3.8, 4) is 11.6 Å². The Hall–Kier alpha value is -4.07. The normalized spacial score (nSPS) is 22.4. The van der Waals surface area contributed by atoms with Gasteiger partial charge in [0.1, 0.15) is 11.2 Å². The maximum absolute atomic E-state index is 13.5. The molecule has 0 saturated heterocycles. The van der Waals surface area contributed by atoms with E-state index >= 15 is 0 Å². The van der Waals surface area contributed by atoms with Gasteiger partial charge < -0.3 is 25.0 Å². The van der Waals surface area contributed by atoms with Crippen molar-refractivity contribution in [2.75, 3.05) is 28.6 Å². The molecule has 11 nitrogen and oxygen atoms in total. The molecule has 2 aliphatic heterocycles. The largest absolute Gasteiger partial charge is 0.451 e. The Morgan fingerprint density at radius 2 is 2.05 bits per heavy atom. The quantitative estimate of drug-likeness (QED) is 0.430. The summed E-state index contributed by atoms with van der Waals surface area (Å²) < 4.78 is 69.7. The van der Waals surface area contributed by atoms with Crippen LogP contribution in [0.4, 0.5) is 30.6 Å². The smallest absolute Gasteiger partial charge is 0.435 e. The van der Waals surface area contributed by atoms with Crippen molar-refractivity contribution in [2.24, 2.45) is 0 Å². The number of aryl methyl sites for hydroxylation is 1. The molecule has 3 aromatic rings. The first-order valence-corrected chi connectivity index (χ1v) is 13.2. The SMILES string of the molecule is [2H]C([2H])([2H])N1c2nc(NCc3ccc(Oc4cnc(C(F)(F)F)nc4C4CC4)nc3)nc3c2N(CCC3)C(=O)[C@]1(C)[C@H](C)O. The number of carbonyl (C=O) groups excluding carboxylic acids is 1. The topological polar surface area (TPSA) is 129 Å². The highest BCUT2D eigenvalue weighted by Crippen LogP contribution is 2.45. The molecular weight excluding hydrogens is 541 g/mol. The third-order valence-electron chi connectivity index (χ3n) is 7.63. The highest BCUT2D eigenvalue weighted by Gasteiger charge is 2.52. The molecule has 14 heteroatoms. The highest BCUT2D eigenvalue weighted by molar-refractivity contribution is 6.08. The Labute approximate surface area is 238 Å². The number of nitrogens with one attached hydrogen (secondary N) is 1. The number of hydrogen-bond acceptors (Lipinski definition) is 10. The number of rotatable bonds is 7. The Kier molecular flexibility index (Phi) is 5.64. The second-order valence-electron chi connectivity index (χ2n) is 10.6. The number of alkyl halides is 3. The van der Waals surface area contributed by atoms with Crippen molar-refractivity contribution in [1.29, 1.82) is 0 Å². The van der Waals surface area contributed by atoms with Crippen LogP contribution >= 0.6 is 0 Å². The van der Waals surface area contributed by atoms with Crippen LogP contribution in [0.25, 0.3) is 0 Å². The van der Waals surface area contributed by atoms with Gasteiger partial charge in [0, 0.05) is 42.4 Å². The van der Waals surface area contributed by atoms with Crippen molar-refractivity contribution >= 4 is 23.4 Å². The van der Waals surface area contributed by atoms with Crippen LogP contribution in [0.3, 0.4) is 0 Å². The standard InChI is InChI=1S/C27H29F3N8O3/c1-14(39)26(2)24(40)38-10-4-5-17-21(38)22(37(26)3)36-25(34-17)33-12-15-6-9-19(31-11-15)41-18-13-32-23(27(28,29)30)35-20(18)16-7-8-16/h6,9,11,13-14,16,39H,4-5,7-8,10,12H2,1-3H3,(H,33,34,36)/t14-,26-/m0/s1/i3D3. The second kappa shape index (κ2) is 9.79. The van der Waals surface area contributed by atoms with Crippen molar-refractivity contribution in [2.45, 2.75) is 69.8 Å². The first kappa shape index (κ1) is 23.6. The van der Waals surface area contributed by atoms with Crippen LogP contribution in [0.5, 0.6) is 11.6 Å². The van der Waals surface area contributed by atoms with Gasteiger partial charge in [-0.2, -0.15) is 18.2 Å². The number of halogens is 3. The fourth-order valence-corrected chi connectivity index (χ4v) is 4.97. The molecule has 216 valence electrons. The molecule has 1 aliphatic carbocycles. The number of aromatic nitrogens is 5. The molecule has 0 unspecified atom stereocenters. The van der Waals surface area contributed by atoms with E-state index in [0.29, 0.717) is 49.2 Å². The van der Waals surface area contributed by atoms with Crippen LogP contribution in [-0.4, -0.2) is 61.1 Å². The van der Waals surface area contributed by atoms with E-state index in [0.717, 1.165) is 11.1 Å². The zero-order chi connectivity index (χ0) is 31.6. The van der Waals surface area contributed by atoms with E-state index in [2.05, 4.69) is 30.2 Å². The molecule has 0 spiro atoms. The van der Waals surface area contributed by atoms with Crippen LogP contribution in [0.1, 0.15) is 65.9 Å². The lowest BCUT2D eigenvalue weighted by Crippen LogP contribution is -2.66. The number of nitrogens with zero attached hydrogens (tertiary/aromatic N) is 7. The van der Waals surface area contributed by atoms with Crippen molar-refractivity contribution < 1.29 is 31.9 Å². The Morgan fingerprint density at radius 3 is 2.71 bits per heavy atom. The van der Waals surface area contributed by atoms with Gasteiger partial charge in [-0.15, -0.1) is 0 Å². The Bertz CT molecular complexity index is 1600. The molecule has 1 fully saturated rings. The van der Waals surface area contributed by atoms with Gasteiger partial charge >= 0.3 is 6.18 Å². The van der Waals surface area contributed by atoms with Gasteiger partial charge in [0.2, 0.25) is 17.7 Å². The van der Waals surface area contributed by atoms with Gasteiger partial charge in [-0.05, 0) is 45.1 Å². The fraction of sp³-hybridized carbons (Fsp3) is 0.481. The number of aliphatic hydroxyl groups is 1. The summed E-state index contributed by atoms with van der Waals surface area (Å²) >= 11 is 0. The molecule has 6 rings (SSSR count). The number of pyridine rings is 1. The molecule has 0 bridgehead atoms. The minimum Gasteiger partial charge on any atom is -0.435 e. The Balaban J connectivity index is 1.23. The summed E-state index contributed by atoms with van der Waals surface area (Å²) in [6, 6.07) is 3.25. The number of anilines is 3. The molecular formula is C27H29F3N8O3. The number of ether oxygens (including phenoxy) is 1. The van der Waals surface area contributed by atoms with E-state index in [1.165, 1.54) is 24.9 Å². The van der Waals surface area contributed by atoms with Gasteiger partial charge in [-0.1, -0.05) is 6.07 Å². The molecule has 3 aliphatic rings. The van der Waals surface area contributed by atoms with Gasteiger partial charge in [-0.25, -0.2) is 19.9 Å². The van der Waals surface area contributed by atoms with E-state index in [-0.39, 0.29) is 41.6 Å². The van der Waals surface area contributed by atoms with Gasteiger partial charge in [0.15, 0.2) is 11.6 Å². The van der Waals surface area contributed by atoms with Gasteiger partial charge in [-0.3, -0.25) is 4.79 Å². The van der Waals surface area contributed by atoms with Crippen LogP contribution in [0.15, 0.2) is 24.5 Å². The fourth-order valence-electron chi connectivity index (χ4n) is 4.97. The number of likely N-dealkylation sites (N-methyl/N-ethyl adjacent to an activating group) is 1. The average Bonchev–Trinajstić information content (AvgIpc) is 3.80. The van der Waals surface area contributed by atoms with Crippen LogP contribution in [-0.2, 0) is 23.9 Å². The first-order valence-electron chi connectivity index (χ1n) is 14.7. The monoisotopic (exact) mass is 573 g/mol. The van der Waals surface area contributed by atoms with Crippen molar-refractivity contribution in [3.63, 3.8) is 0 Å². The Morgan fingerprint density at radius 1 is 1.24 bits per heavy atom. The molecule has 1 amide bonds. The predicted molar refractivity (Wildman–Crippen MR) is 142 cm³/mol. The lowest BCUT2D eigenvalue weighted by molar-refractivity contribution is -0.145.